The van der Waals surface area contributed by atoms with Crippen molar-refractivity contribution in [2.45, 2.75) is 20.5 Å². The highest BCUT2D eigenvalue weighted by molar-refractivity contribution is 5.94. The fourth-order valence-corrected chi connectivity index (χ4v) is 1.57. The van der Waals surface area contributed by atoms with E-state index in [1.807, 2.05) is 6.92 Å². The smallest absolute Gasteiger partial charge is 0.338 e. The second kappa shape index (κ2) is 7.16. The summed E-state index contributed by atoms with van der Waals surface area (Å²) in [5, 5.41) is 0. The Hall–Kier alpha value is -2.36. The van der Waals surface area contributed by atoms with E-state index in [0.717, 1.165) is 0 Å². The highest BCUT2D eigenvalue weighted by atomic mass is 16.5. The van der Waals surface area contributed by atoms with Gasteiger partial charge in [0.15, 0.2) is 0 Å². The lowest BCUT2D eigenvalue weighted by molar-refractivity contribution is -0.139. The summed E-state index contributed by atoms with van der Waals surface area (Å²) < 4.78 is 5.16. The third-order valence-electron chi connectivity index (χ3n) is 2.53. The van der Waals surface area contributed by atoms with Gasteiger partial charge in [-0.05, 0) is 19.9 Å². The van der Waals surface area contributed by atoms with Gasteiger partial charge in [0.1, 0.15) is 6.61 Å². The van der Waals surface area contributed by atoms with E-state index >= 15 is 0 Å². The summed E-state index contributed by atoms with van der Waals surface area (Å²) in [6.45, 7) is 3.60. The van der Waals surface area contributed by atoms with Gasteiger partial charge in [0.25, 0.3) is 0 Å². The Kier molecular flexibility index (Phi) is 5.54. The van der Waals surface area contributed by atoms with Crippen LogP contribution in [0.3, 0.4) is 0 Å². The van der Waals surface area contributed by atoms with Crippen LogP contribution in [0, 0.1) is 0 Å². The van der Waals surface area contributed by atoms with Gasteiger partial charge >= 0.3 is 5.97 Å². The van der Waals surface area contributed by atoms with Crippen molar-refractivity contribution in [2.24, 2.45) is 5.73 Å². The molecule has 0 radical (unpaired) electrons. The largest absolute Gasteiger partial charge is 0.457 e. The number of nitrogens with two attached hydrogens (primary N) is 1. The number of carbonyl (C=O) groups is 2. The highest BCUT2D eigenvalue weighted by Crippen LogP contribution is 2.11. The molecule has 0 saturated heterocycles. The molecule has 19 heavy (non-hydrogen) atoms. The molecule has 4 heteroatoms. The molecule has 4 nitrogen and oxygen atoms in total. The maximum atomic E-state index is 11.8. The van der Waals surface area contributed by atoms with Gasteiger partial charge in [0.2, 0.25) is 5.91 Å². The van der Waals surface area contributed by atoms with Gasteiger partial charge < -0.3 is 10.5 Å². The minimum absolute atomic E-state index is 0.0207. The predicted octanol–water partition coefficient (Wildman–Crippen LogP) is 2.35. The quantitative estimate of drug-likeness (QED) is 0.501. The monoisotopic (exact) mass is 259 g/mol. The lowest BCUT2D eigenvalue weighted by atomic mass is 10.1. The van der Waals surface area contributed by atoms with Crippen LogP contribution in [-0.4, -0.2) is 11.9 Å². The molecule has 0 aromatic heterocycles. The summed E-state index contributed by atoms with van der Waals surface area (Å²) in [6.07, 6.45) is 5.10. The lowest BCUT2D eigenvalue weighted by Gasteiger charge is -2.08. The molecule has 100 valence electrons. The molecule has 1 amide bonds. The van der Waals surface area contributed by atoms with Crippen LogP contribution in [0.25, 0.3) is 0 Å². The van der Waals surface area contributed by atoms with Crippen molar-refractivity contribution in [1.82, 2.24) is 0 Å². The number of ether oxygens (including phenoxy) is 1. The van der Waals surface area contributed by atoms with E-state index < -0.39 is 11.9 Å². The first-order valence-corrected chi connectivity index (χ1v) is 5.94. The Labute approximate surface area is 112 Å². The fourth-order valence-electron chi connectivity index (χ4n) is 1.57. The average molecular weight is 259 g/mol. The van der Waals surface area contributed by atoms with E-state index in [1.165, 1.54) is 0 Å². The highest BCUT2D eigenvalue weighted by Gasteiger charge is 2.11. The summed E-state index contributed by atoms with van der Waals surface area (Å²) in [4.78, 5) is 23.0. The van der Waals surface area contributed by atoms with Crippen molar-refractivity contribution >= 4 is 11.9 Å². The molecule has 1 rings (SSSR count). The van der Waals surface area contributed by atoms with Gasteiger partial charge in [0.05, 0.1) is 5.57 Å². The fraction of sp³-hybridized carbons (Fsp3) is 0.200. The summed E-state index contributed by atoms with van der Waals surface area (Å²) in [5.41, 5.74) is 6.68. The molecule has 0 bridgehead atoms. The zero-order chi connectivity index (χ0) is 14.3. The topological polar surface area (TPSA) is 69.4 Å². The molecule has 0 heterocycles. The Balaban J connectivity index is 2.78. The van der Waals surface area contributed by atoms with Crippen LogP contribution < -0.4 is 5.73 Å². The van der Waals surface area contributed by atoms with Gasteiger partial charge in [-0.1, -0.05) is 36.4 Å². The summed E-state index contributed by atoms with van der Waals surface area (Å²) in [6, 6.07) is 6.78. The van der Waals surface area contributed by atoms with Gasteiger partial charge in [-0.2, -0.15) is 0 Å². The molecular formula is C15H17NO3. The van der Waals surface area contributed by atoms with E-state index in [4.69, 9.17) is 10.5 Å². The molecular weight excluding hydrogens is 242 g/mol. The van der Waals surface area contributed by atoms with Crippen LogP contribution in [0.2, 0.25) is 0 Å². The van der Waals surface area contributed by atoms with Gasteiger partial charge in [-0.15, -0.1) is 0 Å². The number of amides is 1. The minimum atomic E-state index is -0.536. The Morgan fingerprint density at radius 1 is 1.26 bits per heavy atom. The Morgan fingerprint density at radius 3 is 2.53 bits per heavy atom. The minimum Gasteiger partial charge on any atom is -0.457 e. The first-order valence-electron chi connectivity index (χ1n) is 5.94. The standard InChI is InChI=1S/C15H17NO3/c1-3-7-11(4-2)15(18)19-10-12-8-5-6-9-13(12)14(16)17/h3-9H,10H2,1-2H3,(H2,16,17)/b7-3-,11-4+. The SMILES string of the molecule is C/C=C\C(=C/C)C(=O)OCc1ccccc1C(N)=O. The molecule has 1 aromatic carbocycles. The van der Waals surface area contributed by atoms with Gasteiger partial charge in [-0.3, -0.25) is 4.79 Å². The Morgan fingerprint density at radius 2 is 1.95 bits per heavy atom. The molecule has 0 atom stereocenters. The van der Waals surface area contributed by atoms with E-state index in [1.54, 1.807) is 49.4 Å². The average Bonchev–Trinajstić information content (AvgIpc) is 2.42. The number of benzene rings is 1. The van der Waals surface area contributed by atoms with E-state index in [-0.39, 0.29) is 6.61 Å². The number of carbonyl (C=O) groups excluding carboxylic acids is 2. The van der Waals surface area contributed by atoms with E-state index in [0.29, 0.717) is 16.7 Å². The summed E-state index contributed by atoms with van der Waals surface area (Å²) in [5.74, 6) is -0.966. The number of allylic oxidation sites excluding steroid dienone is 2. The third kappa shape index (κ3) is 4.10. The normalized spacial score (nSPS) is 11.6. The maximum Gasteiger partial charge on any atom is 0.338 e. The molecule has 0 aliphatic rings. The molecule has 0 fully saturated rings. The summed E-state index contributed by atoms with van der Waals surface area (Å²) >= 11 is 0. The first-order chi connectivity index (χ1) is 9.10. The van der Waals surface area contributed by atoms with Crippen molar-refractivity contribution in [3.05, 3.63) is 59.2 Å². The molecule has 0 aliphatic heterocycles. The molecule has 0 unspecified atom stereocenters. The number of rotatable bonds is 5. The van der Waals surface area contributed by atoms with Crippen molar-refractivity contribution in [3.8, 4) is 0 Å². The van der Waals surface area contributed by atoms with Crippen molar-refractivity contribution in [2.75, 3.05) is 0 Å². The lowest BCUT2D eigenvalue weighted by Crippen LogP contribution is -2.15. The predicted molar refractivity (Wildman–Crippen MR) is 73.3 cm³/mol. The van der Waals surface area contributed by atoms with Crippen molar-refractivity contribution in [3.63, 3.8) is 0 Å². The molecule has 1 aromatic rings. The van der Waals surface area contributed by atoms with E-state index in [9.17, 15) is 9.59 Å². The van der Waals surface area contributed by atoms with Gasteiger partial charge in [0, 0.05) is 11.1 Å². The summed E-state index contributed by atoms with van der Waals surface area (Å²) in [7, 11) is 0. The van der Waals surface area contributed by atoms with Crippen LogP contribution in [0.1, 0.15) is 29.8 Å². The zero-order valence-corrected chi connectivity index (χ0v) is 11.1. The van der Waals surface area contributed by atoms with Crippen LogP contribution in [0.5, 0.6) is 0 Å². The van der Waals surface area contributed by atoms with Crippen LogP contribution >= 0.6 is 0 Å². The maximum absolute atomic E-state index is 11.8. The zero-order valence-electron chi connectivity index (χ0n) is 11.1. The number of esters is 1. The first kappa shape index (κ1) is 14.7. The molecule has 0 spiro atoms. The van der Waals surface area contributed by atoms with Crippen LogP contribution in [-0.2, 0) is 16.1 Å². The van der Waals surface area contributed by atoms with Crippen LogP contribution in [0.4, 0.5) is 0 Å². The second-order valence-corrected chi connectivity index (χ2v) is 3.84. The third-order valence-corrected chi connectivity index (χ3v) is 2.53. The second-order valence-electron chi connectivity index (χ2n) is 3.84. The van der Waals surface area contributed by atoms with Crippen LogP contribution in [0.15, 0.2) is 48.1 Å². The molecule has 0 saturated carbocycles. The number of hydrogen-bond acceptors (Lipinski definition) is 3. The van der Waals surface area contributed by atoms with Crippen molar-refractivity contribution < 1.29 is 14.3 Å². The number of primary amides is 1. The molecule has 2 N–H and O–H groups in total. The molecule has 0 aliphatic carbocycles. The van der Waals surface area contributed by atoms with E-state index in [2.05, 4.69) is 0 Å². The van der Waals surface area contributed by atoms with Crippen molar-refractivity contribution in [1.29, 1.82) is 0 Å². The number of hydrogen-bond donors (Lipinski definition) is 1. The Bertz CT molecular complexity index is 530. The van der Waals surface area contributed by atoms with Gasteiger partial charge in [-0.25, -0.2) is 4.79 Å².